The van der Waals surface area contributed by atoms with Crippen molar-refractivity contribution in [2.45, 2.75) is 67.9 Å². The Morgan fingerprint density at radius 2 is 2.08 bits per heavy atom. The number of ether oxygens (including phenoxy) is 1. The quantitative estimate of drug-likeness (QED) is 0.193. The Morgan fingerprint density at radius 1 is 1.29 bits per heavy atom. The topological polar surface area (TPSA) is 83.4 Å². The van der Waals surface area contributed by atoms with E-state index in [1.165, 1.54) is 19.2 Å². The van der Waals surface area contributed by atoms with Crippen LogP contribution in [0.15, 0.2) is 92.3 Å². The highest BCUT2D eigenvalue weighted by molar-refractivity contribution is 8.03. The van der Waals surface area contributed by atoms with Gasteiger partial charge in [-0.1, -0.05) is 48.9 Å². The molecule has 0 aromatic heterocycles. The molecular formula is C36H39ClF2N4O3S2. The molecule has 2 aromatic carbocycles. The van der Waals surface area contributed by atoms with Crippen molar-refractivity contribution >= 4 is 56.5 Å². The van der Waals surface area contributed by atoms with E-state index in [2.05, 4.69) is 33.9 Å². The van der Waals surface area contributed by atoms with E-state index in [1.54, 1.807) is 49.0 Å². The number of alkyl halides is 1. The number of esters is 1. The van der Waals surface area contributed by atoms with Crippen LogP contribution in [0.4, 0.5) is 8.78 Å². The lowest BCUT2D eigenvalue weighted by Gasteiger charge is -2.36. The molecule has 4 unspecified atom stereocenters. The minimum absolute atomic E-state index is 0.0717. The second-order valence-corrected chi connectivity index (χ2v) is 16.6. The van der Waals surface area contributed by atoms with Gasteiger partial charge in [-0.25, -0.2) is 22.5 Å². The summed E-state index contributed by atoms with van der Waals surface area (Å²) in [4.78, 5) is 25.4. The summed E-state index contributed by atoms with van der Waals surface area (Å²) in [5.41, 5.74) is 3.10. The molecule has 6 atom stereocenters. The first kappa shape index (κ1) is 34.6. The molecule has 1 N–H and O–H groups in total. The summed E-state index contributed by atoms with van der Waals surface area (Å²) in [6.07, 6.45) is 7.56. The normalized spacial score (nSPS) is 26.7. The van der Waals surface area contributed by atoms with Crippen molar-refractivity contribution in [3.05, 3.63) is 99.3 Å². The van der Waals surface area contributed by atoms with Crippen molar-refractivity contribution in [1.82, 2.24) is 9.62 Å². The van der Waals surface area contributed by atoms with Gasteiger partial charge >= 0.3 is 5.97 Å². The Balaban J connectivity index is 1.40. The largest absolute Gasteiger partial charge is 0.465 e. The number of methoxy groups -OCH3 is 1. The molecule has 2 aromatic rings. The smallest absolute Gasteiger partial charge is 0.339 e. The van der Waals surface area contributed by atoms with Gasteiger partial charge in [0.05, 0.1) is 50.5 Å². The average molecular weight is 713 g/mol. The maximum Gasteiger partial charge on any atom is 0.339 e. The standard InChI is InChI=1S/C36H39ClF2N4O3S2/c1-22(38)11-13-24-14-16-28(41-24)32-29-19-36(2,20-40-48(4,45)31-10-6-5-8-26(31)35(44)46-3)21-43(29)34(30-9-7-17-47-30)42-33(32)25-15-12-23(39)18-27(25)37/h5-8,10,12,14-18,22,24,30,33H,4,9,11,13,19-21H2,1-3H3,(H,40,45)/t22?,24?,30?,33-,36+,48?/m0/s1. The van der Waals surface area contributed by atoms with E-state index in [1.807, 2.05) is 12.2 Å². The fourth-order valence-electron chi connectivity index (χ4n) is 6.67. The van der Waals surface area contributed by atoms with Crippen LogP contribution in [0.3, 0.4) is 0 Å². The molecule has 0 radical (unpaired) electrons. The SMILES string of the molecule is C=S(=O)(NC[C@@]1(C)CC2=C(C3=NC(CCC(C)F)C=C3)[C@H](c3ccc(F)cc3Cl)N=C(C3CC=CS3)N2C1)c1ccccc1C(=O)OC. The molecule has 4 aliphatic heterocycles. The third-order valence-corrected chi connectivity index (χ3v) is 12.2. The molecule has 0 amide bonds. The lowest BCUT2D eigenvalue weighted by molar-refractivity contribution is 0.0596. The summed E-state index contributed by atoms with van der Waals surface area (Å²) in [7, 11) is -1.81. The Morgan fingerprint density at radius 3 is 2.79 bits per heavy atom. The summed E-state index contributed by atoms with van der Waals surface area (Å²) in [6.45, 7) is 4.58. The van der Waals surface area contributed by atoms with Gasteiger partial charge in [-0.15, -0.1) is 11.8 Å². The Hall–Kier alpha value is -3.25. The Bertz CT molecular complexity index is 1870. The summed E-state index contributed by atoms with van der Waals surface area (Å²) in [6, 6.07) is 10.3. The predicted octanol–water partition coefficient (Wildman–Crippen LogP) is 7.50. The fourth-order valence-corrected chi connectivity index (χ4v) is 9.43. The zero-order chi connectivity index (χ0) is 34.2. The number of halogens is 3. The van der Waals surface area contributed by atoms with E-state index >= 15 is 0 Å². The number of nitrogens with one attached hydrogen (secondary N) is 1. The summed E-state index contributed by atoms with van der Waals surface area (Å²) in [5, 5.41) is 2.43. The lowest BCUT2D eigenvalue weighted by Crippen LogP contribution is -2.42. The molecule has 6 rings (SSSR count). The number of carbonyl (C=O) groups excluding carboxylic acids is 1. The number of carbonyl (C=O) groups is 1. The van der Waals surface area contributed by atoms with Crippen LogP contribution in [-0.4, -0.2) is 70.2 Å². The Labute approximate surface area is 290 Å². The minimum Gasteiger partial charge on any atom is -0.465 e. The van der Waals surface area contributed by atoms with Crippen LogP contribution < -0.4 is 4.72 Å². The molecule has 7 nitrogen and oxygen atoms in total. The van der Waals surface area contributed by atoms with Gasteiger partial charge in [-0.3, -0.25) is 9.98 Å². The van der Waals surface area contributed by atoms with Crippen molar-refractivity contribution in [3.63, 3.8) is 0 Å². The first-order chi connectivity index (χ1) is 22.9. The van der Waals surface area contributed by atoms with Crippen molar-refractivity contribution in [1.29, 1.82) is 0 Å². The third-order valence-electron chi connectivity index (χ3n) is 9.11. The van der Waals surface area contributed by atoms with Crippen LogP contribution in [0.25, 0.3) is 0 Å². The predicted molar refractivity (Wildman–Crippen MR) is 193 cm³/mol. The van der Waals surface area contributed by atoms with Crippen molar-refractivity contribution < 1.29 is 22.5 Å². The number of amidine groups is 1. The number of nitrogens with zero attached hydrogens (tertiary/aromatic N) is 3. The van der Waals surface area contributed by atoms with Crippen LogP contribution in [-0.2, 0) is 14.4 Å². The Kier molecular flexibility index (Phi) is 10.0. The van der Waals surface area contributed by atoms with Gasteiger partial charge in [0, 0.05) is 40.4 Å². The molecule has 1 fully saturated rings. The first-order valence-corrected chi connectivity index (χ1v) is 19.0. The molecule has 12 heteroatoms. The highest BCUT2D eigenvalue weighted by Crippen LogP contribution is 2.49. The van der Waals surface area contributed by atoms with E-state index in [0.29, 0.717) is 37.9 Å². The molecule has 48 heavy (non-hydrogen) atoms. The maximum absolute atomic E-state index is 14.3. The second-order valence-electron chi connectivity index (χ2n) is 13.0. The van der Waals surface area contributed by atoms with Gasteiger partial charge in [0.15, 0.2) is 0 Å². The zero-order valence-corrected chi connectivity index (χ0v) is 29.5. The number of hydrogen-bond donors (Lipinski definition) is 1. The van der Waals surface area contributed by atoms with E-state index < -0.39 is 39.1 Å². The summed E-state index contributed by atoms with van der Waals surface area (Å²) >= 11 is 8.42. The first-order valence-electron chi connectivity index (χ1n) is 15.9. The van der Waals surface area contributed by atoms with E-state index in [-0.39, 0.29) is 26.8 Å². The molecule has 4 aliphatic rings. The zero-order valence-electron chi connectivity index (χ0n) is 27.1. The van der Waals surface area contributed by atoms with Gasteiger partial charge in [-0.05, 0) is 74.2 Å². The van der Waals surface area contributed by atoms with Crippen LogP contribution >= 0.6 is 23.4 Å². The molecule has 1 saturated heterocycles. The number of fused-ring (bicyclic) bond motifs is 1. The fraction of sp³-hybridized carbons (Fsp3) is 0.389. The van der Waals surface area contributed by atoms with Gasteiger partial charge in [0.1, 0.15) is 17.7 Å². The van der Waals surface area contributed by atoms with Crippen LogP contribution in [0.5, 0.6) is 0 Å². The molecule has 254 valence electrons. The van der Waals surface area contributed by atoms with E-state index in [4.69, 9.17) is 26.3 Å². The molecule has 4 heterocycles. The molecule has 0 aliphatic carbocycles. The number of rotatable bonds is 11. The third kappa shape index (κ3) is 7.06. The monoisotopic (exact) mass is 712 g/mol. The summed E-state index contributed by atoms with van der Waals surface area (Å²) in [5.74, 6) is 3.89. The van der Waals surface area contributed by atoms with Crippen molar-refractivity contribution in [2.24, 2.45) is 15.4 Å². The van der Waals surface area contributed by atoms with Crippen LogP contribution in [0, 0.1) is 11.2 Å². The molecule has 0 saturated carbocycles. The lowest BCUT2D eigenvalue weighted by atomic mass is 9.86. The number of hydrogen-bond acceptors (Lipinski definition) is 7. The second kappa shape index (κ2) is 13.9. The molecule has 0 bridgehead atoms. The minimum atomic E-state index is -3.10. The number of benzene rings is 2. The van der Waals surface area contributed by atoms with Crippen molar-refractivity contribution in [3.8, 4) is 0 Å². The van der Waals surface area contributed by atoms with Gasteiger partial charge in [0.25, 0.3) is 0 Å². The van der Waals surface area contributed by atoms with Gasteiger partial charge in [-0.2, -0.15) is 0 Å². The highest BCUT2D eigenvalue weighted by Gasteiger charge is 2.47. The molecular weight excluding hydrogens is 674 g/mol. The van der Waals surface area contributed by atoms with Gasteiger partial charge in [0.2, 0.25) is 0 Å². The number of thioether (sulfide) groups is 1. The molecule has 0 spiro atoms. The van der Waals surface area contributed by atoms with Crippen LogP contribution in [0.2, 0.25) is 5.02 Å². The number of aliphatic imine (C=N–C) groups is 2. The van der Waals surface area contributed by atoms with Crippen molar-refractivity contribution in [2.75, 3.05) is 20.2 Å². The number of allylic oxidation sites excluding steroid dienone is 3. The van der Waals surface area contributed by atoms with E-state index in [9.17, 15) is 17.8 Å². The maximum atomic E-state index is 14.3. The average Bonchev–Trinajstić information content (AvgIpc) is 3.83. The summed E-state index contributed by atoms with van der Waals surface area (Å²) < 4.78 is 50.2. The van der Waals surface area contributed by atoms with Crippen LogP contribution in [0.1, 0.15) is 61.5 Å². The highest BCUT2D eigenvalue weighted by atomic mass is 35.5. The van der Waals surface area contributed by atoms with Gasteiger partial charge < -0.3 is 9.64 Å². The van der Waals surface area contributed by atoms with E-state index in [0.717, 1.165) is 29.2 Å².